The van der Waals surface area contributed by atoms with Crippen molar-refractivity contribution in [3.05, 3.63) is 28.8 Å². The van der Waals surface area contributed by atoms with Gasteiger partial charge in [-0.15, -0.1) is 0 Å². The topological polar surface area (TPSA) is 64.9 Å². The van der Waals surface area contributed by atoms with Gasteiger partial charge in [0.15, 0.2) is 0 Å². The molecule has 0 saturated heterocycles. The standard InChI is InChI=1S/C13H16ClN3O/c1-9(2)16-6-5-13(18)17-11-4-3-10(8-15)12(14)7-11/h3-4,7,9,16H,5-6H2,1-2H3,(H,17,18). The first kappa shape index (κ1) is 14.5. The quantitative estimate of drug-likeness (QED) is 0.860. The van der Waals surface area contributed by atoms with Gasteiger partial charge in [-0.05, 0) is 18.2 Å². The molecule has 1 amide bonds. The molecule has 0 spiro atoms. The number of benzene rings is 1. The summed E-state index contributed by atoms with van der Waals surface area (Å²) in [6.45, 7) is 4.68. The Bertz CT molecular complexity index is 466. The van der Waals surface area contributed by atoms with Crippen molar-refractivity contribution in [1.82, 2.24) is 5.32 Å². The average molecular weight is 266 g/mol. The molecule has 0 heterocycles. The summed E-state index contributed by atoms with van der Waals surface area (Å²) in [4.78, 5) is 11.6. The van der Waals surface area contributed by atoms with Crippen LogP contribution in [0, 0.1) is 11.3 Å². The second kappa shape index (κ2) is 7.00. The van der Waals surface area contributed by atoms with Crippen molar-refractivity contribution >= 4 is 23.2 Å². The molecular formula is C13H16ClN3O. The van der Waals surface area contributed by atoms with E-state index in [-0.39, 0.29) is 5.91 Å². The van der Waals surface area contributed by atoms with Crippen molar-refractivity contribution in [2.75, 3.05) is 11.9 Å². The minimum Gasteiger partial charge on any atom is -0.326 e. The number of amides is 1. The SMILES string of the molecule is CC(C)NCCC(=O)Nc1ccc(C#N)c(Cl)c1. The van der Waals surface area contributed by atoms with Gasteiger partial charge >= 0.3 is 0 Å². The normalized spacial score (nSPS) is 10.2. The van der Waals surface area contributed by atoms with Crippen LogP contribution in [0.1, 0.15) is 25.8 Å². The van der Waals surface area contributed by atoms with Gasteiger partial charge in [0.25, 0.3) is 0 Å². The molecule has 1 aromatic carbocycles. The fourth-order valence-corrected chi connectivity index (χ4v) is 1.60. The van der Waals surface area contributed by atoms with Crippen LogP contribution < -0.4 is 10.6 Å². The molecule has 0 aliphatic rings. The van der Waals surface area contributed by atoms with Gasteiger partial charge in [-0.2, -0.15) is 5.26 Å². The van der Waals surface area contributed by atoms with Crippen molar-refractivity contribution in [2.45, 2.75) is 26.3 Å². The van der Waals surface area contributed by atoms with Crippen LogP contribution in [0.3, 0.4) is 0 Å². The Morgan fingerprint density at radius 2 is 2.22 bits per heavy atom. The molecule has 0 aliphatic heterocycles. The van der Waals surface area contributed by atoms with E-state index < -0.39 is 0 Å². The Kier molecular flexibility index (Phi) is 5.63. The monoisotopic (exact) mass is 265 g/mol. The van der Waals surface area contributed by atoms with Gasteiger partial charge in [0, 0.05) is 24.7 Å². The fraction of sp³-hybridized carbons (Fsp3) is 0.385. The minimum absolute atomic E-state index is 0.0797. The van der Waals surface area contributed by atoms with E-state index in [0.717, 1.165) is 0 Å². The van der Waals surface area contributed by atoms with E-state index in [1.165, 1.54) is 0 Å². The molecule has 5 heteroatoms. The summed E-state index contributed by atoms with van der Waals surface area (Å²) < 4.78 is 0. The number of nitrogens with one attached hydrogen (secondary N) is 2. The Morgan fingerprint density at radius 3 is 2.78 bits per heavy atom. The predicted octanol–water partition coefficient (Wildman–Crippen LogP) is 2.54. The highest BCUT2D eigenvalue weighted by Crippen LogP contribution is 2.20. The summed E-state index contributed by atoms with van der Waals surface area (Å²) in [6, 6.07) is 7.16. The number of rotatable bonds is 5. The molecule has 18 heavy (non-hydrogen) atoms. The van der Waals surface area contributed by atoms with E-state index >= 15 is 0 Å². The molecule has 1 rings (SSSR count). The largest absolute Gasteiger partial charge is 0.326 e. The predicted molar refractivity (Wildman–Crippen MR) is 72.6 cm³/mol. The summed E-state index contributed by atoms with van der Waals surface area (Å²) in [5.41, 5.74) is 1.00. The van der Waals surface area contributed by atoms with E-state index in [9.17, 15) is 4.79 Å². The zero-order valence-corrected chi connectivity index (χ0v) is 11.2. The molecule has 1 aromatic rings. The summed E-state index contributed by atoms with van der Waals surface area (Å²) in [5.74, 6) is -0.0797. The number of nitriles is 1. The lowest BCUT2D eigenvalue weighted by molar-refractivity contribution is -0.116. The number of hydrogen-bond acceptors (Lipinski definition) is 3. The third-order valence-electron chi connectivity index (χ3n) is 2.28. The smallest absolute Gasteiger partial charge is 0.225 e. The molecule has 0 aliphatic carbocycles. The van der Waals surface area contributed by atoms with Crippen molar-refractivity contribution in [2.24, 2.45) is 0 Å². The lowest BCUT2D eigenvalue weighted by Crippen LogP contribution is -2.27. The number of anilines is 1. The molecule has 0 radical (unpaired) electrons. The summed E-state index contributed by atoms with van der Waals surface area (Å²) >= 11 is 5.87. The van der Waals surface area contributed by atoms with Crippen molar-refractivity contribution in [3.8, 4) is 6.07 Å². The first-order valence-electron chi connectivity index (χ1n) is 5.76. The first-order chi connectivity index (χ1) is 8.52. The van der Waals surface area contributed by atoms with E-state index in [1.54, 1.807) is 18.2 Å². The summed E-state index contributed by atoms with van der Waals surface area (Å²) in [7, 11) is 0. The van der Waals surface area contributed by atoms with Crippen molar-refractivity contribution in [1.29, 1.82) is 5.26 Å². The van der Waals surface area contributed by atoms with Crippen molar-refractivity contribution < 1.29 is 4.79 Å². The second-order valence-electron chi connectivity index (χ2n) is 4.21. The van der Waals surface area contributed by atoms with Crippen LogP contribution in [0.4, 0.5) is 5.69 Å². The molecule has 2 N–H and O–H groups in total. The third-order valence-corrected chi connectivity index (χ3v) is 2.59. The van der Waals surface area contributed by atoms with E-state index in [1.807, 2.05) is 19.9 Å². The number of halogens is 1. The first-order valence-corrected chi connectivity index (χ1v) is 6.13. The van der Waals surface area contributed by atoms with Gasteiger partial charge < -0.3 is 10.6 Å². The molecule has 0 saturated carbocycles. The molecular weight excluding hydrogens is 250 g/mol. The van der Waals surface area contributed by atoms with Crippen LogP contribution in [-0.2, 0) is 4.79 Å². The lowest BCUT2D eigenvalue weighted by Gasteiger charge is -2.09. The van der Waals surface area contributed by atoms with Gasteiger partial charge in [0.05, 0.1) is 10.6 Å². The Morgan fingerprint density at radius 1 is 1.50 bits per heavy atom. The van der Waals surface area contributed by atoms with E-state index in [0.29, 0.717) is 35.3 Å². The Balaban J connectivity index is 2.50. The molecule has 0 bridgehead atoms. The van der Waals surface area contributed by atoms with E-state index in [2.05, 4.69) is 10.6 Å². The molecule has 0 unspecified atom stereocenters. The highest BCUT2D eigenvalue weighted by molar-refractivity contribution is 6.32. The molecule has 0 atom stereocenters. The van der Waals surface area contributed by atoms with E-state index in [4.69, 9.17) is 16.9 Å². The number of carbonyl (C=O) groups excluding carboxylic acids is 1. The molecule has 4 nitrogen and oxygen atoms in total. The van der Waals surface area contributed by atoms with Gasteiger partial charge in [0.2, 0.25) is 5.91 Å². The van der Waals surface area contributed by atoms with Crippen LogP contribution in [0.25, 0.3) is 0 Å². The highest BCUT2D eigenvalue weighted by atomic mass is 35.5. The van der Waals surface area contributed by atoms with Crippen LogP contribution in [0.2, 0.25) is 5.02 Å². The van der Waals surface area contributed by atoms with Crippen LogP contribution in [0.15, 0.2) is 18.2 Å². The maximum absolute atomic E-state index is 11.6. The zero-order valence-electron chi connectivity index (χ0n) is 10.5. The maximum atomic E-state index is 11.6. The van der Waals surface area contributed by atoms with Crippen LogP contribution in [0.5, 0.6) is 0 Å². The molecule has 96 valence electrons. The van der Waals surface area contributed by atoms with Gasteiger partial charge in [-0.3, -0.25) is 4.79 Å². The Labute approximate surface area is 112 Å². The molecule has 0 aromatic heterocycles. The fourth-order valence-electron chi connectivity index (χ4n) is 1.38. The second-order valence-corrected chi connectivity index (χ2v) is 4.62. The lowest BCUT2D eigenvalue weighted by atomic mass is 10.2. The highest BCUT2D eigenvalue weighted by Gasteiger charge is 2.05. The van der Waals surface area contributed by atoms with Gasteiger partial charge in [-0.1, -0.05) is 25.4 Å². The number of hydrogen-bond donors (Lipinski definition) is 2. The third kappa shape index (κ3) is 4.74. The van der Waals surface area contributed by atoms with Crippen LogP contribution in [-0.4, -0.2) is 18.5 Å². The zero-order chi connectivity index (χ0) is 13.5. The molecule has 0 fully saturated rings. The summed E-state index contributed by atoms with van der Waals surface area (Å²) in [6.07, 6.45) is 0.399. The van der Waals surface area contributed by atoms with Crippen LogP contribution >= 0.6 is 11.6 Å². The maximum Gasteiger partial charge on any atom is 0.225 e. The average Bonchev–Trinajstić information content (AvgIpc) is 2.28. The van der Waals surface area contributed by atoms with Gasteiger partial charge in [-0.25, -0.2) is 0 Å². The number of carbonyl (C=O) groups is 1. The Hall–Kier alpha value is -1.57. The number of nitrogens with zero attached hydrogens (tertiary/aromatic N) is 1. The van der Waals surface area contributed by atoms with Gasteiger partial charge in [0.1, 0.15) is 6.07 Å². The summed E-state index contributed by atoms with van der Waals surface area (Å²) in [5, 5.41) is 15.0. The minimum atomic E-state index is -0.0797. The van der Waals surface area contributed by atoms with Crippen molar-refractivity contribution in [3.63, 3.8) is 0 Å².